The number of nitrogens with zero attached hydrogens (tertiary/aromatic N) is 2. The van der Waals surface area contributed by atoms with E-state index in [0.717, 1.165) is 38.3 Å². The van der Waals surface area contributed by atoms with Gasteiger partial charge in [-0.05, 0) is 54.0 Å². The predicted octanol–water partition coefficient (Wildman–Crippen LogP) is 4.69. The summed E-state index contributed by atoms with van der Waals surface area (Å²) in [5, 5.41) is 2.04. The van der Waals surface area contributed by atoms with Gasteiger partial charge in [-0.2, -0.15) is 0 Å². The Balaban J connectivity index is 1.65. The number of benzene rings is 2. The number of hydrogen-bond donors (Lipinski definition) is 0. The van der Waals surface area contributed by atoms with Gasteiger partial charge in [-0.3, -0.25) is 9.36 Å². The Kier molecular flexibility index (Phi) is 4.40. The van der Waals surface area contributed by atoms with Gasteiger partial charge in [0.1, 0.15) is 0 Å². The van der Waals surface area contributed by atoms with E-state index in [-0.39, 0.29) is 11.6 Å². The summed E-state index contributed by atoms with van der Waals surface area (Å²) in [6.45, 7) is 2.10. The summed E-state index contributed by atoms with van der Waals surface area (Å²) in [6, 6.07) is 21.1. The first-order valence-electron chi connectivity index (χ1n) is 10.4. The molecule has 3 nitrogen and oxygen atoms in total. The molecular formula is C26H20N2OS2. The van der Waals surface area contributed by atoms with Crippen LogP contribution in [0, 0.1) is 6.92 Å². The lowest BCUT2D eigenvalue weighted by Crippen LogP contribution is -2.38. The molecule has 2 aromatic carbocycles. The Hall–Kier alpha value is -3.02. The Morgan fingerprint density at radius 2 is 1.87 bits per heavy atom. The maximum absolute atomic E-state index is 13.6. The number of hydrogen-bond acceptors (Lipinski definition) is 4. The van der Waals surface area contributed by atoms with Crippen LogP contribution in [0.2, 0.25) is 0 Å². The van der Waals surface area contributed by atoms with Gasteiger partial charge >= 0.3 is 0 Å². The van der Waals surface area contributed by atoms with Gasteiger partial charge in [0.2, 0.25) is 0 Å². The van der Waals surface area contributed by atoms with Crippen LogP contribution in [-0.2, 0) is 6.42 Å². The van der Waals surface area contributed by atoms with Crippen LogP contribution < -0.4 is 14.9 Å². The molecule has 0 unspecified atom stereocenters. The standard InChI is InChI=1S/C26H20N2OS2/c1-16-8-10-18(11-9-16)24-21-13-12-17-5-2-3-7-20(17)23(21)27-26-28(24)25(29)22(31-26)15-19-6-4-14-30-19/h2-11,14-15,24H,12-13H2,1H3/b22-15-/t24-/m1/s1. The molecule has 0 bridgehead atoms. The van der Waals surface area contributed by atoms with Crippen molar-refractivity contribution < 1.29 is 0 Å². The number of rotatable bonds is 2. The molecule has 3 heterocycles. The fraction of sp³-hybridized carbons (Fsp3) is 0.154. The van der Waals surface area contributed by atoms with E-state index < -0.39 is 0 Å². The molecule has 0 N–H and O–H groups in total. The molecule has 4 aromatic rings. The number of thiophene rings is 1. The second-order valence-electron chi connectivity index (χ2n) is 8.04. The van der Waals surface area contributed by atoms with Crippen LogP contribution in [0.3, 0.4) is 0 Å². The number of fused-ring (bicyclic) bond motifs is 3. The molecular weight excluding hydrogens is 420 g/mol. The highest BCUT2D eigenvalue weighted by Crippen LogP contribution is 2.41. The molecule has 1 atom stereocenters. The summed E-state index contributed by atoms with van der Waals surface area (Å²) < 4.78 is 2.66. The minimum absolute atomic E-state index is 0.0492. The van der Waals surface area contributed by atoms with Crippen molar-refractivity contribution in [2.45, 2.75) is 25.8 Å². The first-order valence-corrected chi connectivity index (χ1v) is 12.1. The van der Waals surface area contributed by atoms with Gasteiger partial charge in [-0.1, -0.05) is 71.5 Å². The van der Waals surface area contributed by atoms with Crippen LogP contribution in [0.5, 0.6) is 0 Å². The second-order valence-corrected chi connectivity index (χ2v) is 10.0. The van der Waals surface area contributed by atoms with Gasteiger partial charge in [-0.15, -0.1) is 11.3 Å². The van der Waals surface area contributed by atoms with Gasteiger partial charge < -0.3 is 0 Å². The minimum Gasteiger partial charge on any atom is -0.272 e. The van der Waals surface area contributed by atoms with Crippen LogP contribution in [-0.4, -0.2) is 4.57 Å². The summed E-state index contributed by atoms with van der Waals surface area (Å²) >= 11 is 3.14. The van der Waals surface area contributed by atoms with Gasteiger partial charge in [-0.25, -0.2) is 4.99 Å². The zero-order valence-corrected chi connectivity index (χ0v) is 18.7. The summed E-state index contributed by atoms with van der Waals surface area (Å²) in [4.78, 5) is 20.5. The highest BCUT2D eigenvalue weighted by molar-refractivity contribution is 7.11. The van der Waals surface area contributed by atoms with Gasteiger partial charge in [0.25, 0.3) is 5.56 Å². The van der Waals surface area contributed by atoms with Gasteiger partial charge in [0, 0.05) is 10.4 Å². The van der Waals surface area contributed by atoms with Crippen LogP contribution in [0.4, 0.5) is 0 Å². The van der Waals surface area contributed by atoms with Crippen molar-refractivity contribution in [1.29, 1.82) is 0 Å². The van der Waals surface area contributed by atoms with E-state index in [0.29, 0.717) is 0 Å². The van der Waals surface area contributed by atoms with Crippen molar-refractivity contribution in [2.75, 3.05) is 0 Å². The topological polar surface area (TPSA) is 34.4 Å². The quantitative estimate of drug-likeness (QED) is 0.445. The third-order valence-corrected chi connectivity index (χ3v) is 7.88. The van der Waals surface area contributed by atoms with E-state index in [1.165, 1.54) is 33.6 Å². The van der Waals surface area contributed by atoms with Crippen molar-refractivity contribution in [3.05, 3.63) is 118 Å². The van der Waals surface area contributed by atoms with E-state index >= 15 is 0 Å². The van der Waals surface area contributed by atoms with E-state index in [9.17, 15) is 4.79 Å². The lowest BCUT2D eigenvalue weighted by Gasteiger charge is -2.30. The normalized spacial score (nSPS) is 17.7. The molecule has 0 spiro atoms. The Labute approximate surface area is 188 Å². The highest BCUT2D eigenvalue weighted by atomic mass is 32.1. The molecule has 152 valence electrons. The SMILES string of the molecule is Cc1ccc([C@@H]2C3=C(N=c4s/c(=C\c5cccs5)c(=O)n42)c2ccccc2CC3)cc1. The van der Waals surface area contributed by atoms with Crippen LogP contribution in [0.1, 0.15) is 39.6 Å². The molecule has 2 aliphatic rings. The third-order valence-electron chi connectivity index (χ3n) is 6.08. The van der Waals surface area contributed by atoms with E-state index in [2.05, 4.69) is 55.5 Å². The van der Waals surface area contributed by atoms with Crippen molar-refractivity contribution in [3.8, 4) is 0 Å². The molecule has 6 rings (SSSR count). The van der Waals surface area contributed by atoms with Crippen molar-refractivity contribution >= 4 is 34.4 Å². The molecule has 31 heavy (non-hydrogen) atoms. The number of allylic oxidation sites excluding steroid dienone is 1. The molecule has 2 aromatic heterocycles. The fourth-order valence-corrected chi connectivity index (χ4v) is 6.30. The molecule has 0 saturated carbocycles. The van der Waals surface area contributed by atoms with E-state index in [1.807, 2.05) is 28.2 Å². The third kappa shape index (κ3) is 3.08. The maximum atomic E-state index is 13.6. The average molecular weight is 441 g/mol. The van der Waals surface area contributed by atoms with E-state index in [4.69, 9.17) is 4.99 Å². The largest absolute Gasteiger partial charge is 0.272 e. The van der Waals surface area contributed by atoms with E-state index in [1.54, 1.807) is 11.3 Å². The molecule has 5 heteroatoms. The van der Waals surface area contributed by atoms with Crippen molar-refractivity contribution in [3.63, 3.8) is 0 Å². The first-order chi connectivity index (χ1) is 15.2. The van der Waals surface area contributed by atoms with Crippen molar-refractivity contribution in [1.82, 2.24) is 4.57 Å². The zero-order chi connectivity index (χ0) is 20.9. The maximum Gasteiger partial charge on any atom is 0.271 e. The van der Waals surface area contributed by atoms with Gasteiger partial charge in [0.05, 0.1) is 16.3 Å². The van der Waals surface area contributed by atoms with Gasteiger partial charge in [0.15, 0.2) is 4.80 Å². The van der Waals surface area contributed by atoms with Crippen LogP contribution in [0.25, 0.3) is 11.8 Å². The summed E-state index contributed by atoms with van der Waals surface area (Å²) in [5.74, 6) is 0. The Morgan fingerprint density at radius 3 is 2.68 bits per heavy atom. The molecule has 0 saturated heterocycles. The average Bonchev–Trinajstić information content (AvgIpc) is 3.41. The van der Waals surface area contributed by atoms with Crippen LogP contribution >= 0.6 is 22.7 Å². The predicted molar refractivity (Wildman–Crippen MR) is 128 cm³/mol. The Morgan fingerprint density at radius 1 is 1.03 bits per heavy atom. The molecule has 0 radical (unpaired) electrons. The molecule has 1 aliphatic carbocycles. The lowest BCUT2D eigenvalue weighted by molar-refractivity contribution is 0.585. The minimum atomic E-state index is -0.106. The summed E-state index contributed by atoms with van der Waals surface area (Å²) in [5.41, 5.74) is 7.26. The smallest absolute Gasteiger partial charge is 0.271 e. The summed E-state index contributed by atoms with van der Waals surface area (Å²) in [7, 11) is 0. The summed E-state index contributed by atoms with van der Waals surface area (Å²) in [6.07, 6.45) is 3.90. The lowest BCUT2D eigenvalue weighted by atomic mass is 9.83. The second kappa shape index (κ2) is 7.29. The number of thiazole rings is 1. The van der Waals surface area contributed by atoms with Crippen molar-refractivity contribution in [2.24, 2.45) is 4.99 Å². The molecule has 0 fully saturated rings. The first kappa shape index (κ1) is 18.7. The zero-order valence-electron chi connectivity index (χ0n) is 17.0. The molecule has 1 aliphatic heterocycles. The number of aromatic nitrogens is 1. The monoisotopic (exact) mass is 440 g/mol. The molecule has 0 amide bonds. The number of aryl methyl sites for hydroxylation is 2. The highest BCUT2D eigenvalue weighted by Gasteiger charge is 2.32. The van der Waals surface area contributed by atoms with Crippen LogP contribution in [0.15, 0.2) is 81.4 Å². The Bertz CT molecular complexity index is 1500. The fourth-order valence-electron chi connectivity index (χ4n) is 4.57.